The molecule has 0 spiro atoms. The number of nitrogens with zero attached hydrogens (tertiary/aromatic N) is 2. The van der Waals surface area contributed by atoms with Crippen molar-refractivity contribution in [3.05, 3.63) is 32.4 Å². The average molecular weight is 344 g/mol. The molecule has 0 fully saturated rings. The standard InChI is InChI=1S/C12H12N2O10/c15-11(16)1-3-23-9-5-7(13(19)20)8(14(21)22)6-10(9)24-4-2-12(17)18/h5-6H,1-4H2,(H,15,16)(H,17,18). The zero-order valence-corrected chi connectivity index (χ0v) is 12.0. The van der Waals surface area contributed by atoms with Gasteiger partial charge >= 0.3 is 23.3 Å². The van der Waals surface area contributed by atoms with Gasteiger partial charge in [0.2, 0.25) is 0 Å². The molecule has 1 aromatic rings. The van der Waals surface area contributed by atoms with Crippen LogP contribution in [0.25, 0.3) is 0 Å². The number of carboxylic acid groups (broad SMARTS) is 2. The molecular weight excluding hydrogens is 332 g/mol. The number of benzene rings is 1. The first kappa shape index (κ1) is 18.6. The fourth-order valence-corrected chi connectivity index (χ4v) is 1.55. The molecule has 0 atom stereocenters. The van der Waals surface area contributed by atoms with Gasteiger partial charge in [0, 0.05) is 0 Å². The Morgan fingerprint density at radius 3 is 1.46 bits per heavy atom. The second-order valence-corrected chi connectivity index (χ2v) is 4.29. The van der Waals surface area contributed by atoms with Gasteiger partial charge in [-0.3, -0.25) is 29.8 Å². The van der Waals surface area contributed by atoms with Crippen LogP contribution in [-0.2, 0) is 9.59 Å². The van der Waals surface area contributed by atoms with Crippen LogP contribution in [0.2, 0.25) is 0 Å². The summed E-state index contributed by atoms with van der Waals surface area (Å²) in [5, 5.41) is 38.9. The molecule has 12 heteroatoms. The van der Waals surface area contributed by atoms with E-state index in [0.717, 1.165) is 12.1 Å². The Bertz CT molecular complexity index is 615. The lowest BCUT2D eigenvalue weighted by Gasteiger charge is -2.11. The van der Waals surface area contributed by atoms with Crippen molar-refractivity contribution < 1.29 is 39.1 Å². The first-order valence-electron chi connectivity index (χ1n) is 6.38. The Labute approximate surface area is 133 Å². The van der Waals surface area contributed by atoms with Gasteiger partial charge in [-0.05, 0) is 0 Å². The summed E-state index contributed by atoms with van der Waals surface area (Å²) in [4.78, 5) is 40.8. The number of rotatable bonds is 10. The third-order valence-electron chi connectivity index (χ3n) is 2.58. The molecule has 12 nitrogen and oxygen atoms in total. The molecule has 0 aromatic heterocycles. The number of ether oxygens (including phenoxy) is 2. The Morgan fingerprint density at radius 1 is 0.875 bits per heavy atom. The zero-order chi connectivity index (χ0) is 18.3. The topological polar surface area (TPSA) is 179 Å². The molecule has 0 bridgehead atoms. The number of nitro groups is 2. The first-order valence-corrected chi connectivity index (χ1v) is 6.38. The molecule has 0 amide bonds. The molecule has 1 aromatic carbocycles. The first-order chi connectivity index (χ1) is 11.2. The second kappa shape index (κ2) is 8.26. The summed E-state index contributed by atoms with van der Waals surface area (Å²) in [6.45, 7) is -0.723. The summed E-state index contributed by atoms with van der Waals surface area (Å²) in [5.41, 5.74) is -1.73. The largest absolute Gasteiger partial charge is 0.489 e. The van der Waals surface area contributed by atoms with E-state index in [2.05, 4.69) is 0 Å². The average Bonchev–Trinajstić information content (AvgIpc) is 2.46. The lowest BCUT2D eigenvalue weighted by molar-refractivity contribution is -0.422. The van der Waals surface area contributed by atoms with E-state index in [4.69, 9.17) is 19.7 Å². The molecule has 1 rings (SSSR count). The van der Waals surface area contributed by atoms with Crippen molar-refractivity contribution in [1.82, 2.24) is 0 Å². The highest BCUT2D eigenvalue weighted by Gasteiger charge is 2.28. The van der Waals surface area contributed by atoms with Crippen LogP contribution in [0.3, 0.4) is 0 Å². The smallest absolute Gasteiger partial charge is 0.350 e. The van der Waals surface area contributed by atoms with Crippen molar-refractivity contribution in [2.45, 2.75) is 12.8 Å². The van der Waals surface area contributed by atoms with Gasteiger partial charge in [0.1, 0.15) is 0 Å². The Balaban J connectivity index is 3.15. The fourth-order valence-electron chi connectivity index (χ4n) is 1.55. The molecule has 0 aliphatic carbocycles. The molecule has 0 heterocycles. The normalized spacial score (nSPS) is 10.0. The van der Waals surface area contributed by atoms with Gasteiger partial charge in [0.15, 0.2) is 11.5 Å². The molecule has 0 aliphatic rings. The van der Waals surface area contributed by atoms with Crippen molar-refractivity contribution in [2.24, 2.45) is 0 Å². The van der Waals surface area contributed by atoms with Crippen molar-refractivity contribution in [2.75, 3.05) is 13.2 Å². The van der Waals surface area contributed by atoms with Crippen LogP contribution in [0.15, 0.2) is 12.1 Å². The molecule has 0 radical (unpaired) electrons. The molecule has 0 saturated heterocycles. The predicted molar refractivity (Wildman–Crippen MR) is 75.2 cm³/mol. The van der Waals surface area contributed by atoms with E-state index in [1.54, 1.807) is 0 Å². The summed E-state index contributed by atoms with van der Waals surface area (Å²) >= 11 is 0. The van der Waals surface area contributed by atoms with E-state index in [9.17, 15) is 29.8 Å². The number of hydrogen-bond donors (Lipinski definition) is 2. The van der Waals surface area contributed by atoms with E-state index < -0.39 is 46.0 Å². The molecular formula is C12H12N2O10. The minimum atomic E-state index is -1.18. The van der Waals surface area contributed by atoms with E-state index in [1.807, 2.05) is 0 Å². The fraction of sp³-hybridized carbons (Fsp3) is 0.333. The number of nitro benzene ring substituents is 2. The van der Waals surface area contributed by atoms with Crippen molar-refractivity contribution in [3.8, 4) is 11.5 Å². The number of carboxylic acids is 2. The summed E-state index contributed by atoms with van der Waals surface area (Å²) < 4.78 is 10.1. The van der Waals surface area contributed by atoms with Gasteiger partial charge in [0.05, 0.1) is 48.0 Å². The quantitative estimate of drug-likeness (QED) is 0.462. The van der Waals surface area contributed by atoms with Crippen LogP contribution in [0.4, 0.5) is 11.4 Å². The van der Waals surface area contributed by atoms with Gasteiger partial charge in [-0.2, -0.15) is 0 Å². The van der Waals surface area contributed by atoms with Crippen molar-refractivity contribution in [1.29, 1.82) is 0 Å². The number of hydrogen-bond acceptors (Lipinski definition) is 8. The van der Waals surface area contributed by atoms with E-state index >= 15 is 0 Å². The van der Waals surface area contributed by atoms with Gasteiger partial charge in [-0.15, -0.1) is 0 Å². The molecule has 2 N–H and O–H groups in total. The van der Waals surface area contributed by atoms with Crippen LogP contribution >= 0.6 is 0 Å². The lowest BCUT2D eigenvalue weighted by atomic mass is 10.2. The monoisotopic (exact) mass is 344 g/mol. The summed E-state index contributed by atoms with van der Waals surface area (Å²) in [6.07, 6.45) is -0.835. The Hall–Kier alpha value is -3.44. The number of aliphatic carboxylic acids is 2. The minimum absolute atomic E-state index is 0.293. The van der Waals surface area contributed by atoms with Gasteiger partial charge in [-0.1, -0.05) is 0 Å². The van der Waals surface area contributed by atoms with Crippen LogP contribution in [-0.4, -0.2) is 45.2 Å². The van der Waals surface area contributed by atoms with Gasteiger partial charge < -0.3 is 19.7 Å². The summed E-state index contributed by atoms with van der Waals surface area (Å²) in [6, 6.07) is 1.46. The molecule has 24 heavy (non-hydrogen) atoms. The Morgan fingerprint density at radius 2 is 1.21 bits per heavy atom. The minimum Gasteiger partial charge on any atom is -0.489 e. The predicted octanol–water partition coefficient (Wildman–Crippen LogP) is 1.21. The SMILES string of the molecule is O=C(O)CCOc1cc([N+](=O)[O-])c([N+](=O)[O-])cc1OCCC(=O)O. The van der Waals surface area contributed by atoms with Crippen molar-refractivity contribution in [3.63, 3.8) is 0 Å². The molecule has 130 valence electrons. The summed E-state index contributed by atoms with van der Waals surface area (Å²) in [7, 11) is 0. The molecule has 0 saturated carbocycles. The molecule has 0 aliphatic heterocycles. The van der Waals surface area contributed by atoms with E-state index in [0.29, 0.717) is 0 Å². The zero-order valence-electron chi connectivity index (χ0n) is 12.0. The number of carbonyl (C=O) groups is 2. The maximum atomic E-state index is 10.9. The third-order valence-corrected chi connectivity index (χ3v) is 2.58. The van der Waals surface area contributed by atoms with Crippen LogP contribution < -0.4 is 9.47 Å². The maximum absolute atomic E-state index is 10.9. The maximum Gasteiger partial charge on any atom is 0.350 e. The highest BCUT2D eigenvalue weighted by atomic mass is 16.6. The van der Waals surface area contributed by atoms with Crippen molar-refractivity contribution >= 4 is 23.3 Å². The van der Waals surface area contributed by atoms with Crippen LogP contribution in [0, 0.1) is 20.2 Å². The van der Waals surface area contributed by atoms with Gasteiger partial charge in [-0.25, -0.2) is 0 Å². The second-order valence-electron chi connectivity index (χ2n) is 4.29. The van der Waals surface area contributed by atoms with Crippen LogP contribution in [0.5, 0.6) is 11.5 Å². The summed E-state index contributed by atoms with van der Waals surface area (Å²) in [5.74, 6) is -2.95. The molecule has 0 unspecified atom stereocenters. The highest BCUT2D eigenvalue weighted by Crippen LogP contribution is 2.39. The lowest BCUT2D eigenvalue weighted by Crippen LogP contribution is -2.09. The Kier molecular flexibility index (Phi) is 6.40. The van der Waals surface area contributed by atoms with Crippen LogP contribution in [0.1, 0.15) is 12.8 Å². The van der Waals surface area contributed by atoms with Gasteiger partial charge in [0.25, 0.3) is 0 Å². The highest BCUT2D eigenvalue weighted by molar-refractivity contribution is 5.67. The van der Waals surface area contributed by atoms with E-state index in [1.165, 1.54) is 0 Å². The third kappa shape index (κ3) is 5.40. The van der Waals surface area contributed by atoms with E-state index in [-0.39, 0.29) is 24.7 Å².